The molecule has 1 aromatic heterocycles. The molecule has 2 aromatic carbocycles. The van der Waals surface area contributed by atoms with Gasteiger partial charge in [-0.1, -0.05) is 29.8 Å². The van der Waals surface area contributed by atoms with Crippen LogP contribution in [0.3, 0.4) is 0 Å². The molecule has 1 atom stereocenters. The Labute approximate surface area is 198 Å². The molecule has 1 fully saturated rings. The van der Waals surface area contributed by atoms with Gasteiger partial charge in [0, 0.05) is 38.7 Å². The van der Waals surface area contributed by atoms with Gasteiger partial charge in [-0.25, -0.2) is 0 Å². The molecule has 0 saturated carbocycles. The van der Waals surface area contributed by atoms with Crippen molar-refractivity contribution in [1.82, 2.24) is 9.88 Å². The van der Waals surface area contributed by atoms with Crippen molar-refractivity contribution in [2.75, 3.05) is 26.1 Å². The van der Waals surface area contributed by atoms with E-state index in [-0.39, 0.29) is 17.9 Å². The molecule has 1 amide bonds. The van der Waals surface area contributed by atoms with E-state index in [1.807, 2.05) is 62.3 Å². The number of ketones is 1. The summed E-state index contributed by atoms with van der Waals surface area (Å²) in [5.41, 5.74) is 3.79. The van der Waals surface area contributed by atoms with Crippen molar-refractivity contribution in [2.45, 2.75) is 19.5 Å². The Morgan fingerprint density at radius 2 is 1.85 bits per heavy atom. The number of ether oxygens (including phenoxy) is 1. The molecule has 0 spiro atoms. The summed E-state index contributed by atoms with van der Waals surface area (Å²) in [5, 5.41) is 11.4. The Hall–Kier alpha value is -4.13. The number of carbonyl (C=O) groups is 2. The van der Waals surface area contributed by atoms with Gasteiger partial charge in [0.1, 0.15) is 11.5 Å². The molecule has 0 radical (unpaired) electrons. The summed E-state index contributed by atoms with van der Waals surface area (Å²) in [5.74, 6) is -1.23. The lowest BCUT2D eigenvalue weighted by Crippen LogP contribution is -2.29. The summed E-state index contributed by atoms with van der Waals surface area (Å²) >= 11 is 0. The van der Waals surface area contributed by atoms with Gasteiger partial charge >= 0.3 is 0 Å². The van der Waals surface area contributed by atoms with E-state index in [4.69, 9.17) is 4.74 Å². The van der Waals surface area contributed by atoms with E-state index in [2.05, 4.69) is 4.98 Å². The van der Waals surface area contributed by atoms with Crippen LogP contribution in [0, 0.1) is 6.92 Å². The maximum Gasteiger partial charge on any atom is 0.295 e. The van der Waals surface area contributed by atoms with Gasteiger partial charge < -0.3 is 19.6 Å². The van der Waals surface area contributed by atoms with Crippen molar-refractivity contribution in [3.63, 3.8) is 0 Å². The number of pyridine rings is 1. The first kappa shape index (κ1) is 23.0. The Kier molecular flexibility index (Phi) is 6.36. The standard InChI is InChI=1S/C27H27N3O4/c1-17-7-12-22(34-4)21(14-17)25(31)23-24(19-8-10-20(11-9-19)29(2)3)30(27(33)26(23)32)16-18-6-5-13-28-15-18/h5-15,24,31H,16H2,1-4H3/b25-23+. The lowest BCUT2D eigenvalue weighted by Gasteiger charge is -2.26. The summed E-state index contributed by atoms with van der Waals surface area (Å²) in [6.45, 7) is 2.06. The highest BCUT2D eigenvalue weighted by Crippen LogP contribution is 2.42. The maximum atomic E-state index is 13.3. The summed E-state index contributed by atoms with van der Waals surface area (Å²) in [6.07, 6.45) is 3.31. The number of rotatable bonds is 6. The van der Waals surface area contributed by atoms with E-state index >= 15 is 0 Å². The second kappa shape index (κ2) is 9.39. The molecule has 1 aliphatic rings. The minimum atomic E-state index is -0.762. The first-order valence-electron chi connectivity index (χ1n) is 10.9. The molecule has 1 unspecified atom stereocenters. The summed E-state index contributed by atoms with van der Waals surface area (Å²) in [4.78, 5) is 34.1. The third-order valence-electron chi connectivity index (χ3n) is 5.95. The van der Waals surface area contributed by atoms with E-state index in [0.717, 1.165) is 22.4 Å². The van der Waals surface area contributed by atoms with E-state index in [1.165, 1.54) is 12.0 Å². The number of hydrogen-bond acceptors (Lipinski definition) is 6. The largest absolute Gasteiger partial charge is 0.507 e. The number of aliphatic hydroxyl groups is 1. The first-order valence-corrected chi connectivity index (χ1v) is 10.9. The number of aliphatic hydroxyl groups excluding tert-OH is 1. The highest BCUT2D eigenvalue weighted by atomic mass is 16.5. The maximum absolute atomic E-state index is 13.3. The summed E-state index contributed by atoms with van der Waals surface area (Å²) < 4.78 is 5.43. The van der Waals surface area contributed by atoms with E-state index < -0.39 is 17.7 Å². The van der Waals surface area contributed by atoms with Crippen molar-refractivity contribution in [3.05, 3.63) is 94.8 Å². The molecule has 0 bridgehead atoms. The average Bonchev–Trinajstić information content (AvgIpc) is 3.09. The molecule has 1 N–H and O–H groups in total. The topological polar surface area (TPSA) is 83.0 Å². The Balaban J connectivity index is 1.90. The van der Waals surface area contributed by atoms with Crippen molar-refractivity contribution >= 4 is 23.1 Å². The van der Waals surface area contributed by atoms with Gasteiger partial charge in [-0.05, 0) is 48.4 Å². The molecular formula is C27H27N3O4. The second-order valence-corrected chi connectivity index (χ2v) is 8.48. The van der Waals surface area contributed by atoms with Crippen LogP contribution in [0.4, 0.5) is 5.69 Å². The molecule has 7 nitrogen and oxygen atoms in total. The number of carbonyl (C=O) groups excluding carboxylic acids is 2. The SMILES string of the molecule is COc1ccc(C)cc1/C(O)=C1\C(=O)C(=O)N(Cc2cccnc2)C1c1ccc(N(C)C)cc1. The second-order valence-electron chi connectivity index (χ2n) is 8.48. The molecule has 1 aliphatic heterocycles. The smallest absolute Gasteiger partial charge is 0.295 e. The van der Waals surface area contributed by atoms with Gasteiger partial charge in [-0.15, -0.1) is 0 Å². The lowest BCUT2D eigenvalue weighted by atomic mass is 9.94. The quantitative estimate of drug-likeness (QED) is 0.341. The molecule has 7 heteroatoms. The number of benzene rings is 2. The van der Waals surface area contributed by atoms with Crippen molar-refractivity contribution in [1.29, 1.82) is 0 Å². The Morgan fingerprint density at radius 1 is 1.12 bits per heavy atom. The van der Waals surface area contributed by atoms with Gasteiger partial charge in [-0.2, -0.15) is 0 Å². The molecular weight excluding hydrogens is 430 g/mol. The number of amides is 1. The monoisotopic (exact) mass is 457 g/mol. The highest BCUT2D eigenvalue weighted by Gasteiger charge is 2.46. The van der Waals surface area contributed by atoms with Crippen molar-refractivity contribution in [3.8, 4) is 5.75 Å². The van der Waals surface area contributed by atoms with Crippen LogP contribution in [0.15, 0.2) is 72.6 Å². The molecule has 4 rings (SSSR count). The van der Waals surface area contributed by atoms with Gasteiger partial charge in [0.15, 0.2) is 0 Å². The zero-order valence-corrected chi connectivity index (χ0v) is 19.6. The van der Waals surface area contributed by atoms with Crippen LogP contribution in [-0.2, 0) is 16.1 Å². The third kappa shape index (κ3) is 4.24. The number of nitrogens with zero attached hydrogens (tertiary/aromatic N) is 3. The number of likely N-dealkylation sites (tertiary alicyclic amines) is 1. The minimum Gasteiger partial charge on any atom is -0.507 e. The zero-order chi connectivity index (χ0) is 24.4. The fourth-order valence-electron chi connectivity index (χ4n) is 4.18. The number of hydrogen-bond donors (Lipinski definition) is 1. The first-order chi connectivity index (χ1) is 16.3. The fraction of sp³-hybridized carbons (Fsp3) is 0.222. The summed E-state index contributed by atoms with van der Waals surface area (Å²) in [7, 11) is 5.38. The fourth-order valence-corrected chi connectivity index (χ4v) is 4.18. The van der Waals surface area contributed by atoms with E-state index in [0.29, 0.717) is 11.3 Å². The third-order valence-corrected chi connectivity index (χ3v) is 5.95. The molecule has 2 heterocycles. The summed E-state index contributed by atoms with van der Waals surface area (Å²) in [6, 6.07) is 15.8. The van der Waals surface area contributed by atoms with Gasteiger partial charge in [-0.3, -0.25) is 14.6 Å². The van der Waals surface area contributed by atoms with E-state index in [9.17, 15) is 14.7 Å². The number of aryl methyl sites for hydroxylation is 1. The molecule has 0 aliphatic carbocycles. The Bertz CT molecular complexity index is 1250. The number of Topliss-reactive ketones (excluding diaryl/α,β-unsaturated/α-hetero) is 1. The molecule has 1 saturated heterocycles. The van der Waals surface area contributed by atoms with Crippen molar-refractivity contribution in [2.24, 2.45) is 0 Å². The normalized spacial score (nSPS) is 17.2. The van der Waals surface area contributed by atoms with Crippen LogP contribution in [0.5, 0.6) is 5.75 Å². The average molecular weight is 458 g/mol. The molecule has 174 valence electrons. The number of anilines is 1. The van der Waals surface area contributed by atoms with E-state index in [1.54, 1.807) is 30.6 Å². The van der Waals surface area contributed by atoms with Crippen LogP contribution in [0.2, 0.25) is 0 Å². The molecule has 34 heavy (non-hydrogen) atoms. The number of methoxy groups -OCH3 is 1. The van der Waals surface area contributed by atoms with Gasteiger partial charge in [0.25, 0.3) is 11.7 Å². The van der Waals surface area contributed by atoms with Crippen LogP contribution in [-0.4, -0.2) is 47.9 Å². The predicted octanol–water partition coefficient (Wildman–Crippen LogP) is 4.09. The van der Waals surface area contributed by atoms with Crippen LogP contribution in [0.1, 0.15) is 28.3 Å². The van der Waals surface area contributed by atoms with Crippen molar-refractivity contribution < 1.29 is 19.4 Å². The van der Waals surface area contributed by atoms with Gasteiger partial charge in [0.05, 0.1) is 24.3 Å². The van der Waals surface area contributed by atoms with Crippen LogP contribution in [0.25, 0.3) is 5.76 Å². The van der Waals surface area contributed by atoms with Crippen LogP contribution < -0.4 is 9.64 Å². The molecule has 3 aromatic rings. The highest BCUT2D eigenvalue weighted by molar-refractivity contribution is 6.46. The Morgan fingerprint density at radius 3 is 2.47 bits per heavy atom. The lowest BCUT2D eigenvalue weighted by molar-refractivity contribution is -0.140. The van der Waals surface area contributed by atoms with Crippen LogP contribution >= 0.6 is 0 Å². The van der Waals surface area contributed by atoms with Gasteiger partial charge in [0.2, 0.25) is 0 Å². The predicted molar refractivity (Wildman–Crippen MR) is 131 cm³/mol. The minimum absolute atomic E-state index is 0.0374. The number of aromatic nitrogens is 1. The zero-order valence-electron chi connectivity index (χ0n) is 19.6.